The van der Waals surface area contributed by atoms with E-state index < -0.39 is 0 Å². The highest BCUT2D eigenvalue weighted by molar-refractivity contribution is 6.42. The molecule has 0 aliphatic heterocycles. The average molecular weight is 325 g/mol. The molecule has 0 spiro atoms. The second-order valence-corrected chi connectivity index (χ2v) is 6.00. The number of rotatable bonds is 6. The van der Waals surface area contributed by atoms with Gasteiger partial charge in [0.25, 0.3) is 0 Å². The summed E-state index contributed by atoms with van der Waals surface area (Å²) >= 11 is 11.9. The molecule has 21 heavy (non-hydrogen) atoms. The smallest absolute Gasteiger partial charge is 0.130 e. The van der Waals surface area contributed by atoms with Crippen molar-refractivity contribution in [2.45, 2.75) is 20.4 Å². The molecule has 2 rings (SSSR count). The summed E-state index contributed by atoms with van der Waals surface area (Å²) in [5.74, 6) is 1.99. The fourth-order valence-corrected chi connectivity index (χ4v) is 2.07. The zero-order valence-electron chi connectivity index (χ0n) is 12.1. The normalized spacial score (nSPS) is 10.9. The number of aromatic nitrogens is 1. The lowest BCUT2D eigenvalue weighted by molar-refractivity contribution is 0.479. The van der Waals surface area contributed by atoms with Gasteiger partial charge in [-0.1, -0.05) is 37.0 Å². The molecule has 5 heteroatoms. The second kappa shape index (κ2) is 7.64. The largest absolute Gasteiger partial charge is 0.457 e. The van der Waals surface area contributed by atoms with E-state index in [9.17, 15) is 0 Å². The molecule has 112 valence electrons. The summed E-state index contributed by atoms with van der Waals surface area (Å²) in [5.41, 5.74) is 0.938. The van der Waals surface area contributed by atoms with E-state index in [4.69, 9.17) is 27.9 Å². The van der Waals surface area contributed by atoms with Crippen LogP contribution in [-0.4, -0.2) is 11.5 Å². The number of hydrogen-bond donors (Lipinski definition) is 1. The molecule has 1 N–H and O–H groups in total. The topological polar surface area (TPSA) is 34.1 Å². The van der Waals surface area contributed by atoms with Crippen LogP contribution in [0.1, 0.15) is 19.5 Å². The zero-order chi connectivity index (χ0) is 15.2. The second-order valence-electron chi connectivity index (χ2n) is 5.19. The van der Waals surface area contributed by atoms with E-state index in [2.05, 4.69) is 24.1 Å². The van der Waals surface area contributed by atoms with E-state index in [1.54, 1.807) is 24.4 Å². The minimum absolute atomic E-state index is 0.474. The molecule has 0 radical (unpaired) electrons. The number of pyridine rings is 1. The van der Waals surface area contributed by atoms with Gasteiger partial charge in [-0.2, -0.15) is 0 Å². The zero-order valence-corrected chi connectivity index (χ0v) is 13.6. The Bertz CT molecular complexity index is 603. The van der Waals surface area contributed by atoms with Crippen LogP contribution >= 0.6 is 23.2 Å². The van der Waals surface area contributed by atoms with E-state index in [1.165, 1.54) is 0 Å². The third-order valence-corrected chi connectivity index (χ3v) is 3.51. The lowest BCUT2D eigenvalue weighted by Gasteiger charge is -2.09. The van der Waals surface area contributed by atoms with E-state index in [1.807, 2.05) is 12.1 Å². The summed E-state index contributed by atoms with van der Waals surface area (Å²) in [6.07, 6.45) is 1.74. The van der Waals surface area contributed by atoms with E-state index in [-0.39, 0.29) is 0 Å². The molecule has 0 saturated carbocycles. The van der Waals surface area contributed by atoms with Crippen LogP contribution in [0, 0.1) is 5.92 Å². The van der Waals surface area contributed by atoms with Gasteiger partial charge in [0.15, 0.2) is 0 Å². The van der Waals surface area contributed by atoms with Crippen molar-refractivity contribution in [2.24, 2.45) is 5.92 Å². The van der Waals surface area contributed by atoms with Crippen LogP contribution in [0.5, 0.6) is 11.5 Å². The highest BCUT2D eigenvalue weighted by Crippen LogP contribution is 2.29. The fraction of sp³-hybridized carbons (Fsp3) is 0.312. The van der Waals surface area contributed by atoms with E-state index in [0.29, 0.717) is 21.7 Å². The summed E-state index contributed by atoms with van der Waals surface area (Å²) < 4.78 is 5.77. The molecule has 0 unspecified atom stereocenters. The molecule has 2 aromatic rings. The predicted octanol–water partition coefficient (Wildman–Crippen LogP) is 4.93. The van der Waals surface area contributed by atoms with Gasteiger partial charge in [0.1, 0.15) is 11.5 Å². The maximum atomic E-state index is 5.98. The van der Waals surface area contributed by atoms with Crippen molar-refractivity contribution in [3.05, 3.63) is 52.3 Å². The fourth-order valence-electron chi connectivity index (χ4n) is 1.78. The van der Waals surface area contributed by atoms with Crippen molar-refractivity contribution in [1.82, 2.24) is 10.3 Å². The Labute approximate surface area is 135 Å². The lowest BCUT2D eigenvalue weighted by Crippen LogP contribution is -2.19. The first-order valence-electron chi connectivity index (χ1n) is 6.83. The number of halogens is 2. The van der Waals surface area contributed by atoms with Crippen molar-refractivity contribution in [3.63, 3.8) is 0 Å². The monoisotopic (exact) mass is 324 g/mol. The average Bonchev–Trinajstić information content (AvgIpc) is 2.43. The molecule has 0 bridgehead atoms. The highest BCUT2D eigenvalue weighted by atomic mass is 35.5. The van der Waals surface area contributed by atoms with E-state index >= 15 is 0 Å². The van der Waals surface area contributed by atoms with Gasteiger partial charge in [-0.15, -0.1) is 0 Å². The Kier molecular flexibility index (Phi) is 5.85. The number of nitrogens with zero attached hydrogens (tertiary/aromatic N) is 1. The lowest BCUT2D eigenvalue weighted by atomic mass is 10.2. The number of benzene rings is 1. The molecule has 0 atom stereocenters. The molecule has 0 aliphatic carbocycles. The maximum absolute atomic E-state index is 5.98. The van der Waals surface area contributed by atoms with Crippen molar-refractivity contribution in [2.75, 3.05) is 6.54 Å². The Hall–Kier alpha value is -1.29. The van der Waals surface area contributed by atoms with Crippen LogP contribution in [0.25, 0.3) is 0 Å². The van der Waals surface area contributed by atoms with Crippen LogP contribution in [0.3, 0.4) is 0 Å². The van der Waals surface area contributed by atoms with Crippen LogP contribution in [-0.2, 0) is 6.54 Å². The molecule has 1 aromatic heterocycles. The van der Waals surface area contributed by atoms with Gasteiger partial charge in [-0.25, -0.2) is 0 Å². The Morgan fingerprint density at radius 2 is 1.86 bits per heavy atom. The Morgan fingerprint density at radius 1 is 1.10 bits per heavy atom. The summed E-state index contributed by atoms with van der Waals surface area (Å²) in [7, 11) is 0. The summed E-state index contributed by atoms with van der Waals surface area (Å²) in [6.45, 7) is 6.02. The molecule has 0 amide bonds. The minimum Gasteiger partial charge on any atom is -0.457 e. The molecule has 1 aromatic carbocycles. The van der Waals surface area contributed by atoms with Gasteiger partial charge >= 0.3 is 0 Å². The van der Waals surface area contributed by atoms with Gasteiger partial charge in [0.2, 0.25) is 0 Å². The highest BCUT2D eigenvalue weighted by Gasteiger charge is 2.04. The van der Waals surface area contributed by atoms with Gasteiger partial charge < -0.3 is 10.1 Å². The van der Waals surface area contributed by atoms with Gasteiger partial charge in [0.05, 0.1) is 15.7 Å². The minimum atomic E-state index is 0.474. The predicted molar refractivity (Wildman–Crippen MR) is 87.3 cm³/mol. The van der Waals surface area contributed by atoms with Crippen LogP contribution in [0.15, 0.2) is 36.5 Å². The Balaban J connectivity index is 2.01. The molecule has 1 heterocycles. The van der Waals surface area contributed by atoms with Crippen molar-refractivity contribution >= 4 is 23.2 Å². The van der Waals surface area contributed by atoms with Crippen LogP contribution in [0.2, 0.25) is 10.0 Å². The molecule has 0 aliphatic rings. The standard InChI is InChI=1S/C16H18Cl2N2O/c1-11(2)9-19-10-12-7-14(5-6-20-12)21-13-3-4-15(17)16(18)8-13/h3-8,11,19H,9-10H2,1-2H3. The molecule has 0 saturated heterocycles. The molecular formula is C16H18Cl2N2O. The number of ether oxygens (including phenoxy) is 1. The number of nitrogens with one attached hydrogen (secondary N) is 1. The van der Waals surface area contributed by atoms with Crippen LogP contribution < -0.4 is 10.1 Å². The first kappa shape index (κ1) is 16.1. The number of hydrogen-bond acceptors (Lipinski definition) is 3. The van der Waals surface area contributed by atoms with Crippen LogP contribution in [0.4, 0.5) is 0 Å². The van der Waals surface area contributed by atoms with Gasteiger partial charge in [-0.05, 0) is 30.7 Å². The quantitative estimate of drug-likeness (QED) is 0.818. The maximum Gasteiger partial charge on any atom is 0.130 e. The van der Waals surface area contributed by atoms with Crippen molar-refractivity contribution < 1.29 is 4.74 Å². The van der Waals surface area contributed by atoms with Crippen molar-refractivity contribution in [1.29, 1.82) is 0 Å². The summed E-state index contributed by atoms with van der Waals surface area (Å²) in [5, 5.41) is 4.34. The van der Waals surface area contributed by atoms with Gasteiger partial charge in [0, 0.05) is 24.9 Å². The van der Waals surface area contributed by atoms with E-state index in [0.717, 1.165) is 24.5 Å². The summed E-state index contributed by atoms with van der Waals surface area (Å²) in [6, 6.07) is 8.92. The molecular weight excluding hydrogens is 307 g/mol. The first-order chi connectivity index (χ1) is 10.0. The first-order valence-corrected chi connectivity index (χ1v) is 7.58. The molecule has 3 nitrogen and oxygen atoms in total. The van der Waals surface area contributed by atoms with Gasteiger partial charge in [-0.3, -0.25) is 4.98 Å². The Morgan fingerprint density at radius 3 is 2.57 bits per heavy atom. The third kappa shape index (κ3) is 5.20. The summed E-state index contributed by atoms with van der Waals surface area (Å²) in [4.78, 5) is 4.32. The SMILES string of the molecule is CC(C)CNCc1cc(Oc2ccc(Cl)c(Cl)c2)ccn1. The van der Waals surface area contributed by atoms with Crippen molar-refractivity contribution in [3.8, 4) is 11.5 Å². The third-order valence-electron chi connectivity index (χ3n) is 2.77. The molecule has 0 fully saturated rings.